The number of hydrogen-bond donors (Lipinski definition) is 2. The fraction of sp³-hybridized carbons (Fsp3) is 0.471. The molecule has 88 heavy (non-hydrogen) atoms. The van der Waals surface area contributed by atoms with E-state index in [1.165, 1.54) is 6.92 Å². The van der Waals surface area contributed by atoms with Gasteiger partial charge in [0.2, 0.25) is 5.91 Å². The van der Waals surface area contributed by atoms with Gasteiger partial charge in [0.05, 0.1) is 59.5 Å². The minimum absolute atomic E-state index is 0.0365. The Kier molecular flexibility index (Phi) is 23.7. The minimum Gasteiger partial charge on any atom is -0.387 e. The molecular weight excluding hydrogens is 1140 g/mol. The first-order valence-corrected chi connectivity index (χ1v) is 34.4. The van der Waals surface area contributed by atoms with E-state index in [4.69, 9.17) is 66.3 Å². The Balaban J connectivity index is 1.03. The van der Waals surface area contributed by atoms with Crippen LogP contribution in [0.5, 0.6) is 0 Å². The van der Waals surface area contributed by atoms with Crippen molar-refractivity contribution in [2.24, 2.45) is 0 Å². The molecule has 6 aromatic rings. The number of rotatable bonds is 30. The molecule has 0 aromatic heterocycles. The number of carbonyl (C=O) groups is 1. The summed E-state index contributed by atoms with van der Waals surface area (Å²) in [5, 5.41) is 16.4. The zero-order valence-electron chi connectivity index (χ0n) is 51.3. The third kappa shape index (κ3) is 18.8. The Morgan fingerprint density at radius 3 is 1.28 bits per heavy atom. The van der Waals surface area contributed by atoms with Crippen LogP contribution in [0.2, 0.25) is 25.7 Å². The highest BCUT2D eigenvalue weighted by atomic mass is 28.3. The number of fused-ring (bicyclic) bond motifs is 1. The van der Waals surface area contributed by atoms with Gasteiger partial charge in [-0.3, -0.25) is 4.79 Å². The Bertz CT molecular complexity index is 2970. The SMILES string of the molecule is CC(=O)N[C@H]1[C@H](O[C@@H]2[C@H](O)[C@@H](OCc3ccccc3)[C@H](O[C@H]3[C@H](OCc4ccccc4)[C@@H](OCc4ccccc4)[C@H](OCC[Si](C)(C)C)O[C@@H]3COCc3ccccc3)O[C@@H]2COCc2ccccc2)O[C@H](COCc2ccccc2)[C@@H]2OC(C)(C)O[C@H]12. The Hall–Kier alpha value is -5.59. The lowest BCUT2D eigenvalue weighted by Gasteiger charge is -2.50. The molecule has 4 fully saturated rings. The molecular formula is C70H87NO16Si. The van der Waals surface area contributed by atoms with Crippen LogP contribution in [-0.4, -0.2) is 143 Å². The molecule has 472 valence electrons. The van der Waals surface area contributed by atoms with E-state index in [0.717, 1.165) is 39.4 Å². The van der Waals surface area contributed by atoms with Crippen LogP contribution in [-0.2, 0) is 111 Å². The van der Waals surface area contributed by atoms with Crippen LogP contribution in [0.15, 0.2) is 182 Å². The average Bonchev–Trinajstić information content (AvgIpc) is 1.44. The molecule has 0 saturated carbocycles. The smallest absolute Gasteiger partial charge is 0.217 e. The molecule has 18 heteroatoms. The van der Waals surface area contributed by atoms with Gasteiger partial charge in [0.15, 0.2) is 24.7 Å². The van der Waals surface area contributed by atoms with Crippen LogP contribution in [0, 0.1) is 0 Å². The fourth-order valence-electron chi connectivity index (χ4n) is 11.4. The minimum atomic E-state index is -1.60. The number of aliphatic hydroxyl groups is 1. The number of ether oxygens (including phenoxy) is 14. The Labute approximate surface area is 519 Å². The lowest BCUT2D eigenvalue weighted by atomic mass is 9.94. The molecule has 2 N–H and O–H groups in total. The molecule has 0 radical (unpaired) electrons. The van der Waals surface area contributed by atoms with Crippen molar-refractivity contribution in [2.75, 3.05) is 26.4 Å². The lowest BCUT2D eigenvalue weighted by molar-refractivity contribution is -0.383. The van der Waals surface area contributed by atoms with Gasteiger partial charge in [0, 0.05) is 21.6 Å². The summed E-state index contributed by atoms with van der Waals surface area (Å²) in [6.07, 6.45) is -14.5. The average molecular weight is 1230 g/mol. The van der Waals surface area contributed by atoms with E-state index < -0.39 is 106 Å². The number of amides is 1. The van der Waals surface area contributed by atoms with Gasteiger partial charge in [-0.2, -0.15) is 0 Å². The summed E-state index contributed by atoms with van der Waals surface area (Å²) in [5.74, 6) is -1.42. The maximum Gasteiger partial charge on any atom is 0.217 e. The normalized spacial score (nSPS) is 28.6. The van der Waals surface area contributed by atoms with Crippen molar-refractivity contribution in [3.8, 4) is 0 Å². The number of aliphatic hydroxyl groups excluding tert-OH is 1. The van der Waals surface area contributed by atoms with E-state index in [0.29, 0.717) is 13.2 Å². The van der Waals surface area contributed by atoms with Crippen LogP contribution < -0.4 is 5.32 Å². The first-order valence-electron chi connectivity index (χ1n) is 30.7. The third-order valence-electron chi connectivity index (χ3n) is 15.8. The molecule has 0 bridgehead atoms. The summed E-state index contributed by atoms with van der Waals surface area (Å²) in [4.78, 5) is 13.3. The molecule has 4 aliphatic heterocycles. The molecule has 15 atom stereocenters. The largest absolute Gasteiger partial charge is 0.387 e. The standard InChI is InChI=1S/C70H87NO16Si/c1-48(72)71-58-63-62(86-70(2,3)87-63)57(47-76-41-51-29-17-9-18-30-51)81-67(58)84-60-55(45-74-39-49-25-13-7-14-26-49)83-69(64(59(60)73)78-42-52-31-19-10-20-32-52)85-61-56(46-75-40-50-27-15-8-16-28-50)82-68(77-37-38-88(4,5)6)66(80-44-54-35-23-12-24-36-54)65(61)79-43-53-33-21-11-22-34-53/h7-36,55-69,73H,37-47H2,1-6H3,(H,71,72)/t55-,56-,57-,58-,59+,60+,61-,62+,63-,64-,65+,66-,67+,68-,69+/m1/s1. The van der Waals surface area contributed by atoms with Crippen molar-refractivity contribution < 1.29 is 76.2 Å². The van der Waals surface area contributed by atoms with Crippen molar-refractivity contribution in [3.63, 3.8) is 0 Å². The monoisotopic (exact) mass is 1230 g/mol. The third-order valence-corrected chi connectivity index (χ3v) is 17.5. The van der Waals surface area contributed by atoms with Crippen molar-refractivity contribution >= 4 is 14.0 Å². The molecule has 17 nitrogen and oxygen atoms in total. The van der Waals surface area contributed by atoms with E-state index in [-0.39, 0.29) is 58.8 Å². The predicted octanol–water partition coefficient (Wildman–Crippen LogP) is 10.1. The van der Waals surface area contributed by atoms with Crippen molar-refractivity contribution in [1.82, 2.24) is 5.32 Å². The van der Waals surface area contributed by atoms with Gasteiger partial charge in [0.25, 0.3) is 0 Å². The van der Waals surface area contributed by atoms with Gasteiger partial charge in [-0.1, -0.05) is 202 Å². The maximum absolute atomic E-state index is 13.4. The molecule has 4 heterocycles. The predicted molar refractivity (Wildman–Crippen MR) is 331 cm³/mol. The molecule has 0 aliphatic carbocycles. The van der Waals surface area contributed by atoms with Gasteiger partial charge in [-0.15, -0.1) is 0 Å². The molecule has 0 unspecified atom stereocenters. The van der Waals surface area contributed by atoms with Crippen LogP contribution in [0.3, 0.4) is 0 Å². The summed E-state index contributed by atoms with van der Waals surface area (Å²) >= 11 is 0. The van der Waals surface area contributed by atoms with E-state index in [2.05, 4.69) is 25.0 Å². The first kappa shape index (κ1) is 65.4. The van der Waals surface area contributed by atoms with Crippen molar-refractivity contribution in [3.05, 3.63) is 215 Å². The van der Waals surface area contributed by atoms with Crippen LogP contribution in [0.1, 0.15) is 54.2 Å². The second kappa shape index (κ2) is 31.9. The number of hydrogen-bond acceptors (Lipinski definition) is 16. The highest BCUT2D eigenvalue weighted by Crippen LogP contribution is 2.41. The lowest BCUT2D eigenvalue weighted by Crippen LogP contribution is -2.68. The van der Waals surface area contributed by atoms with Crippen LogP contribution in [0.4, 0.5) is 0 Å². The molecule has 1 amide bonds. The second-order valence-electron chi connectivity index (χ2n) is 24.6. The zero-order valence-corrected chi connectivity index (χ0v) is 52.3. The van der Waals surface area contributed by atoms with Gasteiger partial charge in [0.1, 0.15) is 73.2 Å². The summed E-state index contributed by atoms with van der Waals surface area (Å²) in [5.41, 5.74) is 5.55. The number of benzene rings is 6. The number of carbonyl (C=O) groups excluding carboxylic acids is 1. The summed E-state index contributed by atoms with van der Waals surface area (Å²) in [7, 11) is -1.60. The van der Waals surface area contributed by atoms with Crippen molar-refractivity contribution in [1.29, 1.82) is 0 Å². The maximum atomic E-state index is 13.4. The molecule has 4 aliphatic rings. The zero-order chi connectivity index (χ0) is 61.3. The van der Waals surface area contributed by atoms with E-state index in [1.54, 1.807) is 0 Å². The molecule has 0 spiro atoms. The molecule has 10 rings (SSSR count). The van der Waals surface area contributed by atoms with Gasteiger partial charge >= 0.3 is 0 Å². The summed E-state index contributed by atoms with van der Waals surface area (Å²) < 4.78 is 96.3. The molecule has 6 aromatic carbocycles. The number of nitrogens with one attached hydrogen (secondary N) is 1. The first-order chi connectivity index (χ1) is 42.7. The van der Waals surface area contributed by atoms with Gasteiger partial charge in [-0.05, 0) is 53.3 Å². The molecule has 4 saturated heterocycles. The Morgan fingerprint density at radius 2 is 0.830 bits per heavy atom. The van der Waals surface area contributed by atoms with Crippen LogP contribution in [0.25, 0.3) is 0 Å². The summed E-state index contributed by atoms with van der Waals surface area (Å²) in [6, 6.07) is 58.9. The summed E-state index contributed by atoms with van der Waals surface area (Å²) in [6.45, 7) is 13.6. The van der Waals surface area contributed by atoms with E-state index in [9.17, 15) is 9.90 Å². The Morgan fingerprint density at radius 1 is 0.455 bits per heavy atom. The van der Waals surface area contributed by atoms with E-state index in [1.807, 2.05) is 196 Å². The van der Waals surface area contributed by atoms with Gasteiger partial charge in [-0.25, -0.2) is 0 Å². The topological polar surface area (TPSA) is 179 Å². The van der Waals surface area contributed by atoms with Crippen molar-refractivity contribution in [2.45, 2.75) is 184 Å². The van der Waals surface area contributed by atoms with E-state index >= 15 is 0 Å². The van der Waals surface area contributed by atoms with Gasteiger partial charge < -0.3 is 76.7 Å². The van der Waals surface area contributed by atoms with Crippen LogP contribution >= 0.6 is 0 Å². The highest BCUT2D eigenvalue weighted by Gasteiger charge is 2.59. The highest BCUT2D eigenvalue weighted by molar-refractivity contribution is 6.76. The fourth-order valence-corrected chi connectivity index (χ4v) is 12.1. The second-order valence-corrected chi connectivity index (χ2v) is 30.2. The quantitative estimate of drug-likeness (QED) is 0.0407.